The lowest BCUT2D eigenvalue weighted by atomic mass is 10.2. The van der Waals surface area contributed by atoms with Crippen LogP contribution in [0, 0.1) is 0 Å². The van der Waals surface area contributed by atoms with Gasteiger partial charge in [-0.3, -0.25) is 10.2 Å². The number of para-hydroxylation sites is 1. The van der Waals surface area contributed by atoms with E-state index in [-0.39, 0.29) is 18.1 Å². The monoisotopic (exact) mass is 467 g/mol. The lowest BCUT2D eigenvalue weighted by Gasteiger charge is -2.10. The van der Waals surface area contributed by atoms with Crippen molar-refractivity contribution in [2.45, 2.75) is 0 Å². The zero-order chi connectivity index (χ0) is 21.3. The highest BCUT2D eigenvalue weighted by atomic mass is 79.9. The van der Waals surface area contributed by atoms with Crippen LogP contribution in [0.4, 0.5) is 11.4 Å². The van der Waals surface area contributed by atoms with Gasteiger partial charge < -0.3 is 15.2 Å². The van der Waals surface area contributed by atoms with Gasteiger partial charge in [0.05, 0.1) is 17.5 Å². The summed E-state index contributed by atoms with van der Waals surface area (Å²) >= 11 is 3.40. The molecule has 3 N–H and O–H groups in total. The van der Waals surface area contributed by atoms with Crippen molar-refractivity contribution in [2.75, 3.05) is 17.3 Å². The number of amides is 1. The topological polar surface area (TPSA) is 100 Å². The number of nitrogens with one attached hydrogen (secondary N) is 2. The van der Waals surface area contributed by atoms with E-state index in [9.17, 15) is 9.59 Å². The minimum absolute atomic E-state index is 0.158. The first-order valence-corrected chi connectivity index (χ1v) is 9.70. The van der Waals surface area contributed by atoms with Crippen molar-refractivity contribution in [2.24, 2.45) is 5.10 Å². The van der Waals surface area contributed by atoms with Crippen molar-refractivity contribution >= 4 is 45.4 Å². The normalized spacial score (nSPS) is 10.6. The number of aromatic carboxylic acids is 1. The number of nitrogens with zero attached hydrogens (tertiary/aromatic N) is 1. The molecule has 0 spiro atoms. The number of benzene rings is 3. The first-order chi connectivity index (χ1) is 14.5. The van der Waals surface area contributed by atoms with Crippen LogP contribution in [0.15, 0.2) is 82.4 Å². The third-order valence-electron chi connectivity index (χ3n) is 3.89. The van der Waals surface area contributed by atoms with E-state index in [1.807, 2.05) is 18.2 Å². The summed E-state index contributed by atoms with van der Waals surface area (Å²) in [5, 5.41) is 16.0. The molecule has 8 heteroatoms. The molecule has 0 fully saturated rings. The second-order valence-electron chi connectivity index (χ2n) is 6.14. The standard InChI is InChI=1S/C22H18BrN3O4/c23-17-9-10-20(30-14-21(27)25-18-6-2-1-3-7-18)16(11-17)13-24-26-19-8-4-5-15(12-19)22(28)29/h1-13,26H,14H2,(H,25,27)(H,28,29). The molecule has 0 heterocycles. The molecule has 0 radical (unpaired) electrons. The highest BCUT2D eigenvalue weighted by molar-refractivity contribution is 9.10. The van der Waals surface area contributed by atoms with Gasteiger partial charge in [0.2, 0.25) is 0 Å². The molecule has 7 nitrogen and oxygen atoms in total. The van der Waals surface area contributed by atoms with E-state index < -0.39 is 5.97 Å². The first kappa shape index (κ1) is 21.1. The number of rotatable bonds is 8. The summed E-state index contributed by atoms with van der Waals surface area (Å²) in [5.74, 6) is -0.819. The number of halogens is 1. The van der Waals surface area contributed by atoms with Gasteiger partial charge in [0.1, 0.15) is 5.75 Å². The Bertz CT molecular complexity index is 1070. The Morgan fingerprint density at radius 2 is 1.77 bits per heavy atom. The average molecular weight is 468 g/mol. The van der Waals surface area contributed by atoms with Crippen LogP contribution in [-0.4, -0.2) is 29.8 Å². The van der Waals surface area contributed by atoms with E-state index in [0.29, 0.717) is 22.7 Å². The molecule has 0 bridgehead atoms. The molecule has 3 aromatic carbocycles. The van der Waals surface area contributed by atoms with Crippen molar-refractivity contribution in [3.63, 3.8) is 0 Å². The molecule has 30 heavy (non-hydrogen) atoms. The van der Waals surface area contributed by atoms with Gasteiger partial charge in [-0.1, -0.05) is 40.2 Å². The predicted octanol–water partition coefficient (Wildman–Crippen LogP) is 4.61. The molecule has 0 saturated carbocycles. The fourth-order valence-corrected chi connectivity index (χ4v) is 2.89. The van der Waals surface area contributed by atoms with Crippen molar-refractivity contribution in [3.8, 4) is 5.75 Å². The van der Waals surface area contributed by atoms with Gasteiger partial charge in [-0.05, 0) is 48.5 Å². The minimum atomic E-state index is -1.01. The number of ether oxygens (including phenoxy) is 1. The second kappa shape index (κ2) is 10.2. The predicted molar refractivity (Wildman–Crippen MR) is 119 cm³/mol. The number of hydrogen-bond acceptors (Lipinski definition) is 5. The molecule has 0 aliphatic carbocycles. The van der Waals surface area contributed by atoms with Gasteiger partial charge in [0.25, 0.3) is 5.91 Å². The van der Waals surface area contributed by atoms with Crippen molar-refractivity contribution in [3.05, 3.63) is 88.4 Å². The third-order valence-corrected chi connectivity index (χ3v) is 4.39. The van der Waals surface area contributed by atoms with Crippen molar-refractivity contribution in [1.82, 2.24) is 0 Å². The van der Waals surface area contributed by atoms with Crippen LogP contribution in [0.25, 0.3) is 0 Å². The molecule has 0 saturated heterocycles. The maximum Gasteiger partial charge on any atom is 0.335 e. The van der Waals surface area contributed by atoms with E-state index in [1.165, 1.54) is 18.3 Å². The van der Waals surface area contributed by atoms with Crippen LogP contribution in [0.5, 0.6) is 5.75 Å². The molecule has 3 aromatic rings. The number of carboxylic acid groups (broad SMARTS) is 1. The van der Waals surface area contributed by atoms with E-state index in [1.54, 1.807) is 42.5 Å². The highest BCUT2D eigenvalue weighted by Gasteiger charge is 2.08. The Labute approximate surface area is 181 Å². The number of hydrazone groups is 1. The van der Waals surface area contributed by atoms with E-state index in [0.717, 1.165) is 4.47 Å². The molecule has 0 atom stereocenters. The largest absolute Gasteiger partial charge is 0.483 e. The Hall–Kier alpha value is -3.65. The molecule has 152 valence electrons. The Morgan fingerprint density at radius 1 is 1.00 bits per heavy atom. The van der Waals surface area contributed by atoms with Crippen molar-refractivity contribution < 1.29 is 19.4 Å². The zero-order valence-electron chi connectivity index (χ0n) is 15.7. The van der Waals surface area contributed by atoms with Gasteiger partial charge in [-0.2, -0.15) is 5.10 Å². The minimum Gasteiger partial charge on any atom is -0.483 e. The van der Waals surface area contributed by atoms with Gasteiger partial charge >= 0.3 is 5.97 Å². The summed E-state index contributed by atoms with van der Waals surface area (Å²) in [6.45, 7) is -0.161. The second-order valence-corrected chi connectivity index (χ2v) is 7.06. The molecular weight excluding hydrogens is 450 g/mol. The lowest BCUT2D eigenvalue weighted by Crippen LogP contribution is -2.20. The van der Waals surface area contributed by atoms with Gasteiger partial charge in [0.15, 0.2) is 6.61 Å². The molecule has 1 amide bonds. The van der Waals surface area contributed by atoms with Gasteiger partial charge in [0, 0.05) is 15.7 Å². The first-order valence-electron chi connectivity index (χ1n) is 8.91. The molecule has 0 aromatic heterocycles. The van der Waals surface area contributed by atoms with Crippen LogP contribution in [0.1, 0.15) is 15.9 Å². The fraction of sp³-hybridized carbons (Fsp3) is 0.0455. The third kappa shape index (κ3) is 6.18. The summed E-state index contributed by atoms with van der Waals surface area (Å²) in [5.41, 5.74) is 4.81. The Kier molecular flexibility index (Phi) is 7.18. The Morgan fingerprint density at radius 3 is 2.53 bits per heavy atom. The van der Waals surface area contributed by atoms with Crippen molar-refractivity contribution in [1.29, 1.82) is 0 Å². The summed E-state index contributed by atoms with van der Waals surface area (Å²) < 4.78 is 6.47. The zero-order valence-corrected chi connectivity index (χ0v) is 17.3. The van der Waals surface area contributed by atoms with Crippen LogP contribution in [0.2, 0.25) is 0 Å². The summed E-state index contributed by atoms with van der Waals surface area (Å²) in [7, 11) is 0. The van der Waals surface area contributed by atoms with Crippen LogP contribution >= 0.6 is 15.9 Å². The number of hydrogen-bond donors (Lipinski definition) is 3. The number of anilines is 2. The van der Waals surface area contributed by atoms with Gasteiger partial charge in [-0.15, -0.1) is 0 Å². The van der Waals surface area contributed by atoms with Crippen LogP contribution in [0.3, 0.4) is 0 Å². The quantitative estimate of drug-likeness (QED) is 0.331. The van der Waals surface area contributed by atoms with Gasteiger partial charge in [-0.25, -0.2) is 4.79 Å². The molecule has 0 aliphatic rings. The molecule has 0 unspecified atom stereocenters. The molecule has 0 aliphatic heterocycles. The van der Waals surface area contributed by atoms with E-state index in [4.69, 9.17) is 9.84 Å². The summed E-state index contributed by atoms with van der Waals surface area (Å²) in [4.78, 5) is 23.2. The molecular formula is C22H18BrN3O4. The fourth-order valence-electron chi connectivity index (χ4n) is 2.51. The van der Waals surface area contributed by atoms with E-state index >= 15 is 0 Å². The maximum absolute atomic E-state index is 12.1. The smallest absolute Gasteiger partial charge is 0.335 e. The van der Waals surface area contributed by atoms with E-state index in [2.05, 4.69) is 31.8 Å². The highest BCUT2D eigenvalue weighted by Crippen LogP contribution is 2.22. The summed E-state index contributed by atoms with van der Waals surface area (Å²) in [6, 6.07) is 20.7. The Balaban J connectivity index is 1.64. The lowest BCUT2D eigenvalue weighted by molar-refractivity contribution is -0.118. The number of carbonyl (C=O) groups excluding carboxylic acids is 1. The van der Waals surface area contributed by atoms with Crippen LogP contribution < -0.4 is 15.5 Å². The number of carboxylic acids is 1. The summed E-state index contributed by atoms with van der Waals surface area (Å²) in [6.07, 6.45) is 1.53. The maximum atomic E-state index is 12.1. The SMILES string of the molecule is O=C(COc1ccc(Br)cc1C=NNc1cccc(C(=O)O)c1)Nc1ccccc1. The number of carbonyl (C=O) groups is 2. The molecule has 3 rings (SSSR count). The average Bonchev–Trinajstić information content (AvgIpc) is 2.74. The van der Waals surface area contributed by atoms with Crippen LogP contribution in [-0.2, 0) is 4.79 Å².